The second-order valence-corrected chi connectivity index (χ2v) is 5.83. The topological polar surface area (TPSA) is 35.5 Å². The van der Waals surface area contributed by atoms with Gasteiger partial charge in [0, 0.05) is 0 Å². The largest absolute Gasteiger partial charge is 0.464 e. The van der Waals surface area contributed by atoms with Crippen LogP contribution < -0.4 is 0 Å². The predicted molar refractivity (Wildman–Crippen MR) is 65.5 cm³/mol. The third-order valence-electron chi connectivity index (χ3n) is 1.79. The summed E-state index contributed by atoms with van der Waals surface area (Å²) in [5, 5.41) is 0. The van der Waals surface area contributed by atoms with Crippen LogP contribution in [0.2, 0.25) is 0 Å². The number of benzene rings is 1. The third kappa shape index (κ3) is 4.26. The van der Waals surface area contributed by atoms with E-state index in [2.05, 4.69) is 0 Å². The van der Waals surface area contributed by atoms with Gasteiger partial charge in [-0.2, -0.15) is 0 Å². The highest BCUT2D eigenvalue weighted by Gasteiger charge is 2.25. The van der Waals surface area contributed by atoms with E-state index in [1.165, 1.54) is 0 Å². The van der Waals surface area contributed by atoms with E-state index in [1.54, 1.807) is 31.2 Å². The Morgan fingerprint density at radius 2 is 2.00 bits per heavy atom. The fourth-order valence-electron chi connectivity index (χ4n) is 1.17. The van der Waals surface area contributed by atoms with Crippen LogP contribution in [-0.2, 0) is 14.1 Å². The molecule has 1 aromatic carbocycles. The summed E-state index contributed by atoms with van der Waals surface area (Å²) < 4.78 is 10.1. The number of hydrogen-bond donors (Lipinski definition) is 0. The summed E-state index contributed by atoms with van der Waals surface area (Å²) in [5.74, 6) is -0.484. The quantitative estimate of drug-likeness (QED) is 0.604. The predicted octanol–water partition coefficient (Wildman–Crippen LogP) is 4.01. The maximum Gasteiger partial charge on any atom is 0.340 e. The minimum absolute atomic E-state index is 0.286. The van der Waals surface area contributed by atoms with Crippen molar-refractivity contribution in [2.75, 3.05) is 6.61 Å². The Hall–Kier alpha value is -0.340. The van der Waals surface area contributed by atoms with Gasteiger partial charge < -0.3 is 9.26 Å². The van der Waals surface area contributed by atoms with E-state index in [4.69, 9.17) is 31.7 Å². The van der Waals surface area contributed by atoms with Crippen molar-refractivity contribution in [3.05, 3.63) is 35.9 Å². The van der Waals surface area contributed by atoms with Crippen molar-refractivity contribution in [3.8, 4) is 0 Å². The molecule has 0 aromatic heterocycles. The van der Waals surface area contributed by atoms with Crippen molar-refractivity contribution in [2.24, 2.45) is 0 Å². The first-order chi connectivity index (χ1) is 7.65. The highest BCUT2D eigenvalue weighted by molar-refractivity contribution is 8.00. The van der Waals surface area contributed by atoms with Crippen LogP contribution >= 0.6 is 29.3 Å². The second kappa shape index (κ2) is 7.08. The molecule has 1 aromatic rings. The van der Waals surface area contributed by atoms with Gasteiger partial charge in [0.05, 0.1) is 6.61 Å². The molecule has 0 radical (unpaired) electrons. The van der Waals surface area contributed by atoms with Gasteiger partial charge >= 0.3 is 5.97 Å². The van der Waals surface area contributed by atoms with Crippen LogP contribution in [0, 0.1) is 0 Å². The van der Waals surface area contributed by atoms with Crippen LogP contribution in [0.4, 0.5) is 0 Å². The van der Waals surface area contributed by atoms with E-state index in [0.29, 0.717) is 5.56 Å². The summed E-state index contributed by atoms with van der Waals surface area (Å²) in [4.78, 5) is 11.6. The summed E-state index contributed by atoms with van der Waals surface area (Å²) in [7, 11) is 0. The number of ether oxygens (including phenoxy) is 1. The molecule has 0 saturated carbocycles. The van der Waals surface area contributed by atoms with Crippen LogP contribution in [0.1, 0.15) is 18.6 Å². The number of carbonyl (C=O) groups is 1. The minimum Gasteiger partial charge on any atom is -0.464 e. The zero-order valence-corrected chi connectivity index (χ0v) is 11.0. The van der Waals surface area contributed by atoms with Crippen molar-refractivity contribution in [2.45, 2.75) is 13.0 Å². The monoisotopic (exact) mass is 280 g/mol. The van der Waals surface area contributed by atoms with Gasteiger partial charge in [0.1, 0.15) is 0 Å². The molecule has 0 spiro atoms. The lowest BCUT2D eigenvalue weighted by atomic mass is 10.1. The highest BCUT2D eigenvalue weighted by Crippen LogP contribution is 2.51. The van der Waals surface area contributed by atoms with Gasteiger partial charge in [0.15, 0.2) is 6.10 Å². The maximum atomic E-state index is 11.6. The van der Waals surface area contributed by atoms with E-state index in [0.717, 1.165) is 0 Å². The van der Waals surface area contributed by atoms with Crippen molar-refractivity contribution in [1.82, 2.24) is 0 Å². The number of rotatable bonds is 5. The lowest BCUT2D eigenvalue weighted by molar-refractivity contribution is -0.151. The molecule has 0 saturated heterocycles. The molecule has 1 rings (SSSR count). The molecule has 0 bridgehead atoms. The lowest BCUT2D eigenvalue weighted by Crippen LogP contribution is -2.16. The Morgan fingerprint density at radius 3 is 2.50 bits per heavy atom. The van der Waals surface area contributed by atoms with Crippen LogP contribution in [-0.4, -0.2) is 12.6 Å². The molecule has 0 aliphatic rings. The number of halogens is 2. The fourth-order valence-corrected chi connectivity index (χ4v) is 2.01. The van der Waals surface area contributed by atoms with Gasteiger partial charge in [0.2, 0.25) is 6.85 Å². The minimum atomic E-state index is -1.66. The molecule has 88 valence electrons. The molecular weight excluding hydrogens is 270 g/mol. The van der Waals surface area contributed by atoms with E-state index < -0.39 is 18.9 Å². The standard InChI is InChI=1S/C10H11Cl2O3P/c1-2-14-10(13)9(15-16(11)12)8-6-4-3-5-7-8/h3-7,9H,2H2,1H3/t9-/m1/s1. The van der Waals surface area contributed by atoms with Crippen molar-refractivity contribution >= 4 is 35.3 Å². The maximum absolute atomic E-state index is 11.6. The average molecular weight is 281 g/mol. The molecule has 0 heterocycles. The highest BCUT2D eigenvalue weighted by atomic mass is 35.9. The lowest BCUT2D eigenvalue weighted by Gasteiger charge is -2.16. The first-order valence-electron chi connectivity index (χ1n) is 4.65. The molecule has 3 nitrogen and oxygen atoms in total. The summed E-state index contributed by atoms with van der Waals surface area (Å²) in [6.07, 6.45) is -0.859. The SMILES string of the molecule is CCOC(=O)[C@H](OP(Cl)Cl)c1ccccc1. The number of carbonyl (C=O) groups excluding carboxylic acids is 1. The molecular formula is C10H11Cl2O3P. The Morgan fingerprint density at radius 1 is 1.38 bits per heavy atom. The van der Waals surface area contributed by atoms with Gasteiger partial charge in [-0.15, -0.1) is 0 Å². The molecule has 0 aliphatic heterocycles. The van der Waals surface area contributed by atoms with Gasteiger partial charge in [-0.05, 0) is 35.0 Å². The summed E-state index contributed by atoms with van der Waals surface area (Å²) in [6.45, 7) is 0.349. The average Bonchev–Trinajstić information content (AvgIpc) is 2.27. The molecule has 0 fully saturated rings. The number of esters is 1. The Balaban J connectivity index is 2.83. The summed E-state index contributed by atoms with van der Waals surface area (Å²) >= 11 is 11.1. The van der Waals surface area contributed by atoms with Crippen molar-refractivity contribution < 1.29 is 14.1 Å². The molecule has 6 heteroatoms. The molecule has 1 atom stereocenters. The van der Waals surface area contributed by atoms with Crippen molar-refractivity contribution in [1.29, 1.82) is 0 Å². The van der Waals surface area contributed by atoms with Crippen LogP contribution in [0.15, 0.2) is 30.3 Å². The van der Waals surface area contributed by atoms with Gasteiger partial charge in [0.25, 0.3) is 0 Å². The summed E-state index contributed by atoms with van der Waals surface area (Å²) in [6, 6.07) is 8.96. The first kappa shape index (κ1) is 13.7. The van der Waals surface area contributed by atoms with E-state index >= 15 is 0 Å². The third-order valence-corrected chi connectivity index (χ3v) is 2.64. The first-order valence-corrected chi connectivity index (χ1v) is 7.72. The fraction of sp³-hybridized carbons (Fsp3) is 0.300. The Bertz CT molecular complexity index is 332. The van der Waals surface area contributed by atoms with E-state index in [-0.39, 0.29) is 6.61 Å². The molecule has 0 unspecified atom stereocenters. The van der Waals surface area contributed by atoms with Gasteiger partial charge in [-0.3, -0.25) is 0 Å². The molecule has 0 amide bonds. The second-order valence-electron chi connectivity index (χ2n) is 2.85. The van der Waals surface area contributed by atoms with Gasteiger partial charge in [-0.1, -0.05) is 30.3 Å². The molecule has 0 N–H and O–H groups in total. The smallest absolute Gasteiger partial charge is 0.340 e. The zero-order chi connectivity index (χ0) is 12.0. The Labute approximate surface area is 105 Å². The van der Waals surface area contributed by atoms with Gasteiger partial charge in [-0.25, -0.2) is 4.79 Å². The van der Waals surface area contributed by atoms with Crippen LogP contribution in [0.25, 0.3) is 0 Å². The van der Waals surface area contributed by atoms with Crippen LogP contribution in [0.3, 0.4) is 0 Å². The normalized spacial score (nSPS) is 12.5. The van der Waals surface area contributed by atoms with Crippen molar-refractivity contribution in [3.63, 3.8) is 0 Å². The van der Waals surface area contributed by atoms with E-state index in [9.17, 15) is 4.79 Å². The van der Waals surface area contributed by atoms with E-state index in [1.807, 2.05) is 6.07 Å². The zero-order valence-electron chi connectivity index (χ0n) is 8.60. The molecule has 16 heavy (non-hydrogen) atoms. The number of hydrogen-bond acceptors (Lipinski definition) is 3. The summed E-state index contributed by atoms with van der Waals surface area (Å²) in [5.41, 5.74) is 0.676. The molecule has 0 aliphatic carbocycles. The Kier molecular flexibility index (Phi) is 6.07. The van der Waals surface area contributed by atoms with Crippen LogP contribution in [0.5, 0.6) is 0 Å².